The number of hydrogen-bond acceptors (Lipinski definition) is 7. The highest BCUT2D eigenvalue weighted by Gasteiger charge is 2.31. The molecular formula is C45H49N3O7. The molecule has 286 valence electrons. The van der Waals surface area contributed by atoms with Crippen LogP contribution in [-0.2, 0) is 30.3 Å². The standard InChI is InChI=1S/C45H49N3O7/c1-3-5-25-40(48-45(53)54-30-39-37-23-14-12-21-35(37)36-22-13-15-24-38(36)39)44(52)55-41(32-19-10-7-11-20-32)28-46-43(51)33(16-4-2)27-42(50)47-34(29-49)26-31-17-8-6-9-18-31/h3-4,6-15,17-24,33-34,39-41,49H,1-2,5,16,25-30H2,(H,46,51)(H,47,50)(H,48,53)/t33-,34-,40+,41+/m1/s1. The van der Waals surface area contributed by atoms with Gasteiger partial charge in [-0.3, -0.25) is 9.59 Å². The van der Waals surface area contributed by atoms with Gasteiger partial charge in [0.05, 0.1) is 25.1 Å². The molecule has 4 aromatic rings. The van der Waals surface area contributed by atoms with Crippen molar-refractivity contribution in [2.45, 2.75) is 56.2 Å². The Morgan fingerprint density at radius 1 is 0.782 bits per heavy atom. The number of amides is 3. The fourth-order valence-electron chi connectivity index (χ4n) is 6.83. The molecule has 4 aromatic carbocycles. The average Bonchev–Trinajstić information content (AvgIpc) is 3.53. The Morgan fingerprint density at radius 2 is 1.40 bits per heavy atom. The summed E-state index contributed by atoms with van der Waals surface area (Å²) < 4.78 is 11.7. The van der Waals surface area contributed by atoms with E-state index in [1.54, 1.807) is 36.4 Å². The van der Waals surface area contributed by atoms with Crippen molar-refractivity contribution in [1.29, 1.82) is 0 Å². The summed E-state index contributed by atoms with van der Waals surface area (Å²) in [5.41, 5.74) is 5.94. The van der Waals surface area contributed by atoms with Crippen LogP contribution in [0.25, 0.3) is 11.1 Å². The molecule has 0 bridgehead atoms. The maximum atomic E-state index is 13.7. The molecule has 0 unspecified atom stereocenters. The summed E-state index contributed by atoms with van der Waals surface area (Å²) in [6.07, 6.45) is 2.73. The predicted octanol–water partition coefficient (Wildman–Crippen LogP) is 6.56. The molecule has 4 N–H and O–H groups in total. The molecule has 0 spiro atoms. The van der Waals surface area contributed by atoms with E-state index in [2.05, 4.69) is 41.2 Å². The summed E-state index contributed by atoms with van der Waals surface area (Å²) in [6.45, 7) is 7.25. The maximum absolute atomic E-state index is 13.7. The van der Waals surface area contributed by atoms with Gasteiger partial charge in [0.2, 0.25) is 11.8 Å². The minimum Gasteiger partial charge on any atom is -0.454 e. The quantitative estimate of drug-likeness (QED) is 0.0593. The summed E-state index contributed by atoms with van der Waals surface area (Å²) in [5.74, 6) is -2.41. The van der Waals surface area contributed by atoms with Crippen LogP contribution in [0.4, 0.5) is 4.79 Å². The average molecular weight is 744 g/mol. The van der Waals surface area contributed by atoms with E-state index in [0.717, 1.165) is 27.8 Å². The zero-order chi connectivity index (χ0) is 39.0. The lowest BCUT2D eigenvalue weighted by molar-refractivity contribution is -0.152. The van der Waals surface area contributed by atoms with E-state index < -0.39 is 42.1 Å². The zero-order valence-corrected chi connectivity index (χ0v) is 30.9. The molecule has 55 heavy (non-hydrogen) atoms. The summed E-state index contributed by atoms with van der Waals surface area (Å²) in [7, 11) is 0. The number of esters is 1. The number of hydrogen-bond donors (Lipinski definition) is 4. The molecule has 0 heterocycles. The van der Waals surface area contributed by atoms with Crippen LogP contribution >= 0.6 is 0 Å². The molecule has 0 saturated carbocycles. The second-order valence-electron chi connectivity index (χ2n) is 13.5. The largest absolute Gasteiger partial charge is 0.454 e. The van der Waals surface area contributed by atoms with Gasteiger partial charge in [-0.15, -0.1) is 13.2 Å². The van der Waals surface area contributed by atoms with Gasteiger partial charge >= 0.3 is 12.1 Å². The number of benzene rings is 4. The fourth-order valence-corrected chi connectivity index (χ4v) is 6.83. The number of rotatable bonds is 20. The molecule has 0 saturated heterocycles. The van der Waals surface area contributed by atoms with Crippen LogP contribution in [0.3, 0.4) is 0 Å². The van der Waals surface area contributed by atoms with E-state index in [1.165, 1.54) is 0 Å². The molecular weight excluding hydrogens is 695 g/mol. The van der Waals surface area contributed by atoms with Crippen LogP contribution in [0.1, 0.15) is 60.0 Å². The van der Waals surface area contributed by atoms with E-state index in [9.17, 15) is 24.3 Å². The van der Waals surface area contributed by atoms with Crippen LogP contribution in [0.15, 0.2) is 135 Å². The van der Waals surface area contributed by atoms with Gasteiger partial charge in [-0.1, -0.05) is 121 Å². The summed E-state index contributed by atoms with van der Waals surface area (Å²) in [6, 6.07) is 32.9. The number of nitrogens with one attached hydrogen (secondary N) is 3. The molecule has 10 nitrogen and oxygen atoms in total. The van der Waals surface area contributed by atoms with Crippen molar-refractivity contribution >= 4 is 23.9 Å². The first kappa shape index (κ1) is 40.2. The Bertz CT molecular complexity index is 1870. The number of aliphatic hydroxyl groups is 1. The highest BCUT2D eigenvalue weighted by Crippen LogP contribution is 2.44. The Hall–Kier alpha value is -6.00. The van der Waals surface area contributed by atoms with Gasteiger partial charge in [0.1, 0.15) is 18.8 Å². The normalized spacial score (nSPS) is 13.8. The van der Waals surface area contributed by atoms with Crippen LogP contribution in [0.2, 0.25) is 0 Å². The third kappa shape index (κ3) is 11.3. The minimum atomic E-state index is -1.05. The highest BCUT2D eigenvalue weighted by molar-refractivity contribution is 5.86. The molecule has 0 aliphatic heterocycles. The predicted molar refractivity (Wildman–Crippen MR) is 212 cm³/mol. The lowest BCUT2D eigenvalue weighted by Crippen LogP contribution is -2.44. The van der Waals surface area contributed by atoms with Gasteiger partial charge in [0, 0.05) is 12.3 Å². The molecule has 1 aliphatic carbocycles. The van der Waals surface area contributed by atoms with E-state index >= 15 is 0 Å². The van der Waals surface area contributed by atoms with Crippen molar-refractivity contribution < 1.29 is 33.8 Å². The Labute approximate surface area is 322 Å². The first-order chi connectivity index (χ1) is 26.8. The summed E-state index contributed by atoms with van der Waals surface area (Å²) >= 11 is 0. The first-order valence-electron chi connectivity index (χ1n) is 18.6. The van der Waals surface area contributed by atoms with Crippen molar-refractivity contribution in [3.05, 3.63) is 157 Å². The minimum absolute atomic E-state index is 0.0827. The monoisotopic (exact) mass is 743 g/mol. The molecule has 3 amide bonds. The molecule has 0 aromatic heterocycles. The number of aliphatic hydroxyl groups excluding tert-OH is 1. The zero-order valence-electron chi connectivity index (χ0n) is 30.9. The Morgan fingerprint density at radius 3 is 2.02 bits per heavy atom. The molecule has 5 rings (SSSR count). The first-order valence-corrected chi connectivity index (χ1v) is 18.6. The highest BCUT2D eigenvalue weighted by atomic mass is 16.6. The van der Waals surface area contributed by atoms with Crippen LogP contribution in [0, 0.1) is 5.92 Å². The molecule has 0 fully saturated rings. The Kier molecular flexibility index (Phi) is 14.9. The molecule has 10 heteroatoms. The third-order valence-corrected chi connectivity index (χ3v) is 9.64. The molecule has 4 atom stereocenters. The van der Waals surface area contributed by atoms with Gasteiger partial charge < -0.3 is 30.5 Å². The van der Waals surface area contributed by atoms with Crippen LogP contribution < -0.4 is 16.0 Å². The summed E-state index contributed by atoms with van der Waals surface area (Å²) in [4.78, 5) is 53.4. The van der Waals surface area contributed by atoms with Crippen molar-refractivity contribution in [2.24, 2.45) is 5.92 Å². The lowest BCUT2D eigenvalue weighted by Gasteiger charge is -2.24. The topological polar surface area (TPSA) is 143 Å². The number of fused-ring (bicyclic) bond motifs is 3. The molecule has 0 radical (unpaired) electrons. The van der Waals surface area contributed by atoms with E-state index in [-0.39, 0.29) is 50.8 Å². The van der Waals surface area contributed by atoms with E-state index in [4.69, 9.17) is 9.47 Å². The number of alkyl carbamates (subject to hydrolysis) is 1. The summed E-state index contributed by atoms with van der Waals surface area (Å²) in [5, 5.41) is 18.3. The van der Waals surface area contributed by atoms with Crippen LogP contribution in [-0.4, -0.2) is 60.8 Å². The van der Waals surface area contributed by atoms with Gasteiger partial charge in [0.15, 0.2) is 0 Å². The van der Waals surface area contributed by atoms with Crippen molar-refractivity contribution in [3.63, 3.8) is 0 Å². The number of ether oxygens (including phenoxy) is 2. The number of allylic oxidation sites excluding steroid dienone is 2. The Balaban J connectivity index is 1.20. The lowest BCUT2D eigenvalue weighted by atomic mass is 9.98. The van der Waals surface area contributed by atoms with Crippen molar-refractivity contribution in [2.75, 3.05) is 19.8 Å². The van der Waals surface area contributed by atoms with E-state index in [0.29, 0.717) is 18.4 Å². The maximum Gasteiger partial charge on any atom is 0.407 e. The third-order valence-electron chi connectivity index (χ3n) is 9.64. The van der Waals surface area contributed by atoms with Gasteiger partial charge in [-0.25, -0.2) is 9.59 Å². The van der Waals surface area contributed by atoms with Gasteiger partial charge in [-0.2, -0.15) is 0 Å². The van der Waals surface area contributed by atoms with Gasteiger partial charge in [-0.05, 0) is 59.1 Å². The molecule has 1 aliphatic rings. The second kappa shape index (κ2) is 20.5. The van der Waals surface area contributed by atoms with Gasteiger partial charge in [0.25, 0.3) is 0 Å². The van der Waals surface area contributed by atoms with E-state index in [1.807, 2.05) is 72.8 Å². The smallest absolute Gasteiger partial charge is 0.407 e. The SMILES string of the molecule is C=CCC[C@H](NC(=O)OCC1c2ccccc2-c2ccccc21)C(=O)O[C@@H](CNC(=O)[C@H](CC=C)CC(=O)N[C@@H](CO)Cc1ccccc1)c1ccccc1. The number of carbonyl (C=O) groups excluding carboxylic acids is 4. The van der Waals surface area contributed by atoms with Crippen molar-refractivity contribution in [3.8, 4) is 11.1 Å². The van der Waals surface area contributed by atoms with Crippen molar-refractivity contribution in [1.82, 2.24) is 16.0 Å². The number of carbonyl (C=O) groups is 4. The fraction of sp³-hybridized carbons (Fsp3) is 0.289. The van der Waals surface area contributed by atoms with Crippen LogP contribution in [0.5, 0.6) is 0 Å². The second-order valence-corrected chi connectivity index (χ2v) is 13.5.